The number of rotatable bonds is 4. The molecule has 2 atom stereocenters. The number of anilines is 2. The van der Waals surface area contributed by atoms with Gasteiger partial charge in [0.25, 0.3) is 5.91 Å². The van der Waals surface area contributed by atoms with Crippen LogP contribution in [0.25, 0.3) is 5.65 Å². The van der Waals surface area contributed by atoms with Crippen LogP contribution in [0, 0.1) is 31.6 Å². The molecule has 0 saturated carbocycles. The highest BCUT2D eigenvalue weighted by Crippen LogP contribution is 2.34. The molecule has 1 aromatic carbocycles. The van der Waals surface area contributed by atoms with Crippen molar-refractivity contribution in [1.29, 1.82) is 5.26 Å². The SMILES string of the molecule is C#N.CC(=O)Nc1ccc(C)cc1C(=O)N1CCCCC1c1cc2nc(N3CCC(C)C3)c(C)cn2n1. The van der Waals surface area contributed by atoms with Crippen molar-refractivity contribution in [2.45, 2.75) is 59.4 Å². The first kappa shape index (κ1) is 26.1. The number of amides is 2. The van der Waals surface area contributed by atoms with E-state index in [2.05, 4.69) is 36.8 Å². The molecule has 9 nitrogen and oxygen atoms in total. The Morgan fingerprint density at radius 2 is 1.89 bits per heavy atom. The minimum absolute atomic E-state index is 0.0740. The minimum Gasteiger partial charge on any atom is -0.356 e. The van der Waals surface area contributed by atoms with Crippen molar-refractivity contribution in [3.05, 3.63) is 52.8 Å². The molecule has 0 aliphatic carbocycles. The Labute approximate surface area is 218 Å². The van der Waals surface area contributed by atoms with Crippen molar-refractivity contribution in [3.63, 3.8) is 0 Å². The molecule has 9 heteroatoms. The van der Waals surface area contributed by atoms with Gasteiger partial charge in [-0.2, -0.15) is 5.10 Å². The normalized spacial score (nSPS) is 19.4. The summed E-state index contributed by atoms with van der Waals surface area (Å²) in [5.41, 5.74) is 4.84. The first-order valence-corrected chi connectivity index (χ1v) is 12.9. The van der Waals surface area contributed by atoms with Crippen molar-refractivity contribution < 1.29 is 9.59 Å². The van der Waals surface area contributed by atoms with E-state index >= 15 is 0 Å². The number of fused-ring (bicyclic) bond motifs is 1. The molecule has 5 rings (SSSR count). The highest BCUT2D eigenvalue weighted by molar-refractivity contribution is 6.03. The van der Waals surface area contributed by atoms with Crippen LogP contribution in [0.15, 0.2) is 30.5 Å². The molecule has 0 spiro atoms. The van der Waals surface area contributed by atoms with Crippen LogP contribution in [-0.4, -0.2) is 50.9 Å². The van der Waals surface area contributed by atoms with Gasteiger partial charge in [-0.15, -0.1) is 0 Å². The zero-order valence-electron chi connectivity index (χ0n) is 22.1. The molecule has 2 aliphatic rings. The fourth-order valence-corrected chi connectivity index (χ4v) is 5.40. The summed E-state index contributed by atoms with van der Waals surface area (Å²) in [6.07, 6.45) is 6.08. The maximum atomic E-state index is 13.8. The lowest BCUT2D eigenvalue weighted by molar-refractivity contribution is -0.114. The Morgan fingerprint density at radius 3 is 2.59 bits per heavy atom. The molecule has 2 aromatic heterocycles. The highest BCUT2D eigenvalue weighted by atomic mass is 16.2. The number of hydrogen-bond acceptors (Lipinski definition) is 6. The molecule has 1 N–H and O–H groups in total. The second kappa shape index (κ2) is 11.0. The van der Waals surface area contributed by atoms with E-state index in [1.165, 1.54) is 13.3 Å². The third-order valence-electron chi connectivity index (χ3n) is 7.17. The predicted molar refractivity (Wildman–Crippen MR) is 143 cm³/mol. The molecule has 37 heavy (non-hydrogen) atoms. The predicted octanol–water partition coefficient (Wildman–Crippen LogP) is 4.66. The van der Waals surface area contributed by atoms with Gasteiger partial charge in [0, 0.05) is 51.0 Å². The zero-order chi connectivity index (χ0) is 26.7. The number of carbonyl (C=O) groups is 2. The molecule has 194 valence electrons. The van der Waals surface area contributed by atoms with Gasteiger partial charge >= 0.3 is 0 Å². The van der Waals surface area contributed by atoms with Crippen LogP contribution < -0.4 is 10.2 Å². The molecular formula is C28H35N7O2. The van der Waals surface area contributed by atoms with Gasteiger partial charge in [-0.05, 0) is 57.6 Å². The second-order valence-electron chi connectivity index (χ2n) is 10.2. The number of nitrogens with zero attached hydrogens (tertiary/aromatic N) is 6. The Kier molecular flexibility index (Phi) is 7.77. The van der Waals surface area contributed by atoms with E-state index in [1.54, 1.807) is 6.07 Å². The smallest absolute Gasteiger partial charge is 0.256 e. The van der Waals surface area contributed by atoms with E-state index in [4.69, 9.17) is 15.3 Å². The van der Waals surface area contributed by atoms with Gasteiger partial charge in [-0.3, -0.25) is 9.59 Å². The van der Waals surface area contributed by atoms with Crippen molar-refractivity contribution in [3.8, 4) is 6.57 Å². The van der Waals surface area contributed by atoms with Crippen LogP contribution in [0.2, 0.25) is 0 Å². The summed E-state index contributed by atoms with van der Waals surface area (Å²) in [4.78, 5) is 34.8. The number of piperidine rings is 1. The van der Waals surface area contributed by atoms with Gasteiger partial charge in [0.1, 0.15) is 5.82 Å². The second-order valence-corrected chi connectivity index (χ2v) is 10.2. The van der Waals surface area contributed by atoms with Gasteiger partial charge in [0.15, 0.2) is 5.65 Å². The van der Waals surface area contributed by atoms with Crippen molar-refractivity contribution in [1.82, 2.24) is 19.5 Å². The molecule has 3 aromatic rings. The fourth-order valence-electron chi connectivity index (χ4n) is 5.40. The summed E-state index contributed by atoms with van der Waals surface area (Å²) >= 11 is 0. The standard InChI is InChI=1S/C27H34N6O2.CHN/c1-17-8-9-22(28-20(4)34)21(13-17)27(35)32-11-6-5-7-24(32)23-14-25-29-26(19(3)16-33(25)30-23)31-12-10-18(2)15-31;1-2/h8-9,13-14,16,18,24H,5-7,10-12,15H2,1-4H3,(H,28,34);1H. The lowest BCUT2D eigenvalue weighted by Crippen LogP contribution is -2.39. The molecule has 2 aliphatic heterocycles. The molecule has 0 radical (unpaired) electrons. The van der Waals surface area contributed by atoms with Gasteiger partial charge in [0.05, 0.1) is 23.0 Å². The monoisotopic (exact) mass is 501 g/mol. The molecule has 2 fully saturated rings. The van der Waals surface area contributed by atoms with Crippen LogP contribution in [0.1, 0.15) is 72.8 Å². The Bertz CT molecular complexity index is 1330. The Hall–Kier alpha value is -3.93. The summed E-state index contributed by atoms with van der Waals surface area (Å²) in [6.45, 7) is 14.0. The topological polar surface area (TPSA) is 107 Å². The lowest BCUT2D eigenvalue weighted by Gasteiger charge is -2.35. The number of hydrogen-bond donors (Lipinski definition) is 1. The largest absolute Gasteiger partial charge is 0.356 e. The quantitative estimate of drug-likeness (QED) is 0.557. The third kappa shape index (κ3) is 5.43. The van der Waals surface area contributed by atoms with E-state index in [0.717, 1.165) is 60.6 Å². The molecule has 2 unspecified atom stereocenters. The number of benzene rings is 1. The van der Waals surface area contributed by atoms with Crippen LogP contribution in [0.5, 0.6) is 0 Å². The Morgan fingerprint density at radius 1 is 1.11 bits per heavy atom. The fraction of sp³-hybridized carbons (Fsp3) is 0.464. The zero-order valence-corrected chi connectivity index (χ0v) is 22.1. The summed E-state index contributed by atoms with van der Waals surface area (Å²) < 4.78 is 1.85. The summed E-state index contributed by atoms with van der Waals surface area (Å²) in [6, 6.07) is 7.48. The molecule has 4 heterocycles. The average Bonchev–Trinajstić information content (AvgIpc) is 3.50. The summed E-state index contributed by atoms with van der Waals surface area (Å²) in [5, 5.41) is 14.2. The number of carbonyl (C=O) groups excluding carboxylic acids is 2. The maximum Gasteiger partial charge on any atom is 0.256 e. The van der Waals surface area contributed by atoms with E-state index in [0.29, 0.717) is 23.7 Å². The molecule has 0 bridgehead atoms. The van der Waals surface area contributed by atoms with Crippen molar-refractivity contribution >= 4 is 29.0 Å². The maximum absolute atomic E-state index is 13.8. The minimum atomic E-state index is -0.192. The van der Waals surface area contributed by atoms with Crippen molar-refractivity contribution in [2.75, 3.05) is 29.9 Å². The van der Waals surface area contributed by atoms with E-state index in [9.17, 15) is 9.59 Å². The van der Waals surface area contributed by atoms with E-state index in [1.807, 2.05) is 34.5 Å². The number of aryl methyl sites for hydroxylation is 2. The van der Waals surface area contributed by atoms with Crippen LogP contribution in [0.4, 0.5) is 11.5 Å². The van der Waals surface area contributed by atoms with Crippen LogP contribution >= 0.6 is 0 Å². The van der Waals surface area contributed by atoms with E-state index in [-0.39, 0.29) is 17.9 Å². The van der Waals surface area contributed by atoms with Crippen LogP contribution in [-0.2, 0) is 4.79 Å². The van der Waals surface area contributed by atoms with Crippen molar-refractivity contribution in [2.24, 2.45) is 5.92 Å². The van der Waals surface area contributed by atoms with E-state index < -0.39 is 0 Å². The first-order chi connectivity index (χ1) is 17.8. The summed E-state index contributed by atoms with van der Waals surface area (Å²) in [7, 11) is 0. The number of nitriles is 1. The molecule has 2 amide bonds. The highest BCUT2D eigenvalue weighted by Gasteiger charge is 2.32. The number of nitrogens with one attached hydrogen (secondary N) is 1. The van der Waals surface area contributed by atoms with Gasteiger partial charge in [-0.25, -0.2) is 14.8 Å². The molecule has 2 saturated heterocycles. The first-order valence-electron chi connectivity index (χ1n) is 12.9. The molecular weight excluding hydrogens is 466 g/mol. The van der Waals surface area contributed by atoms with Gasteiger partial charge < -0.3 is 15.1 Å². The number of likely N-dealkylation sites (tertiary alicyclic amines) is 1. The van der Waals surface area contributed by atoms with Gasteiger partial charge in [0.2, 0.25) is 5.91 Å². The summed E-state index contributed by atoms with van der Waals surface area (Å²) in [5.74, 6) is 1.45. The van der Waals surface area contributed by atoms with Gasteiger partial charge in [-0.1, -0.05) is 18.6 Å². The third-order valence-corrected chi connectivity index (χ3v) is 7.17. The Balaban J connectivity index is 0.00000156. The average molecular weight is 502 g/mol. The van der Waals surface area contributed by atoms with Crippen LogP contribution in [0.3, 0.4) is 0 Å². The lowest BCUT2D eigenvalue weighted by atomic mass is 9.97. The number of aromatic nitrogens is 3.